The molecule has 2 rings (SSSR count). The second kappa shape index (κ2) is 5.27. The van der Waals surface area contributed by atoms with Crippen LogP contribution in [0.3, 0.4) is 0 Å². The summed E-state index contributed by atoms with van der Waals surface area (Å²) in [5.41, 5.74) is 0.557. The number of carbonyl (C=O) groups excluding carboxylic acids is 1. The van der Waals surface area contributed by atoms with Gasteiger partial charge in [0.2, 0.25) is 5.91 Å². The van der Waals surface area contributed by atoms with E-state index < -0.39 is 0 Å². The van der Waals surface area contributed by atoms with Crippen LogP contribution in [0.5, 0.6) is 0 Å². The minimum atomic E-state index is -0.258. The van der Waals surface area contributed by atoms with Crippen LogP contribution in [0, 0.1) is 5.82 Å². The van der Waals surface area contributed by atoms with Gasteiger partial charge >= 0.3 is 0 Å². The first-order valence-electron chi connectivity index (χ1n) is 5.90. The van der Waals surface area contributed by atoms with E-state index in [0.29, 0.717) is 12.1 Å². The zero-order valence-corrected chi connectivity index (χ0v) is 9.95. The van der Waals surface area contributed by atoms with Gasteiger partial charge in [-0.05, 0) is 25.5 Å². The molecule has 17 heavy (non-hydrogen) atoms. The largest absolute Gasteiger partial charge is 0.340 e. The van der Waals surface area contributed by atoms with Crippen molar-refractivity contribution in [3.05, 3.63) is 35.6 Å². The van der Waals surface area contributed by atoms with E-state index in [1.807, 2.05) is 0 Å². The van der Waals surface area contributed by atoms with E-state index in [2.05, 4.69) is 5.32 Å². The van der Waals surface area contributed by atoms with Crippen LogP contribution in [-0.2, 0) is 11.3 Å². The highest BCUT2D eigenvalue weighted by Gasteiger charge is 2.25. The standard InChI is InChI=1S/C13H17FN2O/c1-16(13(17)12-7-4-8-15-12)9-10-5-2-3-6-11(10)14/h2-3,5-6,12,15H,4,7-9H2,1H3/t12-/m0/s1. The van der Waals surface area contributed by atoms with Crippen molar-refractivity contribution >= 4 is 5.91 Å². The van der Waals surface area contributed by atoms with Gasteiger partial charge in [0.05, 0.1) is 6.04 Å². The lowest BCUT2D eigenvalue weighted by Gasteiger charge is -2.21. The van der Waals surface area contributed by atoms with Gasteiger partial charge in [-0.3, -0.25) is 4.79 Å². The molecule has 0 radical (unpaired) electrons. The van der Waals surface area contributed by atoms with Crippen molar-refractivity contribution < 1.29 is 9.18 Å². The summed E-state index contributed by atoms with van der Waals surface area (Å²) < 4.78 is 13.4. The molecule has 0 bridgehead atoms. The third-order valence-electron chi connectivity index (χ3n) is 3.10. The number of nitrogens with zero attached hydrogens (tertiary/aromatic N) is 1. The molecule has 0 aliphatic carbocycles. The molecule has 1 N–H and O–H groups in total. The fourth-order valence-electron chi connectivity index (χ4n) is 2.12. The molecular formula is C13H17FN2O. The predicted octanol–water partition coefficient (Wildman–Crippen LogP) is 1.54. The highest BCUT2D eigenvalue weighted by atomic mass is 19.1. The van der Waals surface area contributed by atoms with Gasteiger partial charge in [-0.2, -0.15) is 0 Å². The first-order valence-corrected chi connectivity index (χ1v) is 5.90. The molecule has 1 amide bonds. The average molecular weight is 236 g/mol. The van der Waals surface area contributed by atoms with Crippen LogP contribution in [0.2, 0.25) is 0 Å². The van der Waals surface area contributed by atoms with E-state index in [-0.39, 0.29) is 17.8 Å². The number of nitrogens with one attached hydrogen (secondary N) is 1. The minimum Gasteiger partial charge on any atom is -0.340 e. The van der Waals surface area contributed by atoms with E-state index in [1.165, 1.54) is 6.07 Å². The Hall–Kier alpha value is -1.42. The quantitative estimate of drug-likeness (QED) is 0.863. The SMILES string of the molecule is CN(Cc1ccccc1F)C(=O)[C@@H]1CCCN1. The maximum atomic E-state index is 13.4. The molecule has 1 fully saturated rings. The van der Waals surface area contributed by atoms with E-state index in [9.17, 15) is 9.18 Å². The lowest BCUT2D eigenvalue weighted by molar-refractivity contribution is -0.132. The number of rotatable bonds is 3. The highest BCUT2D eigenvalue weighted by molar-refractivity contribution is 5.81. The molecule has 1 aliphatic rings. The lowest BCUT2D eigenvalue weighted by Crippen LogP contribution is -2.41. The second-order valence-electron chi connectivity index (χ2n) is 4.43. The van der Waals surface area contributed by atoms with Crippen LogP contribution in [0.4, 0.5) is 4.39 Å². The molecular weight excluding hydrogens is 219 g/mol. The Labute approximate surface area is 101 Å². The molecule has 0 saturated carbocycles. The van der Waals surface area contributed by atoms with Crippen LogP contribution < -0.4 is 5.32 Å². The van der Waals surface area contributed by atoms with Crippen molar-refractivity contribution in [2.75, 3.05) is 13.6 Å². The van der Waals surface area contributed by atoms with Gasteiger partial charge in [0.15, 0.2) is 0 Å². The van der Waals surface area contributed by atoms with Gasteiger partial charge in [-0.1, -0.05) is 18.2 Å². The summed E-state index contributed by atoms with van der Waals surface area (Å²) in [7, 11) is 1.72. The molecule has 0 spiro atoms. The molecule has 0 aromatic heterocycles. The number of carbonyl (C=O) groups is 1. The average Bonchev–Trinajstić information content (AvgIpc) is 2.84. The summed E-state index contributed by atoms with van der Waals surface area (Å²) >= 11 is 0. The molecule has 0 unspecified atom stereocenters. The van der Waals surface area contributed by atoms with Crippen LogP contribution in [-0.4, -0.2) is 30.4 Å². The number of benzene rings is 1. The molecule has 1 aliphatic heterocycles. The predicted molar refractivity (Wildman–Crippen MR) is 63.9 cm³/mol. The molecule has 1 aromatic carbocycles. The van der Waals surface area contributed by atoms with E-state index >= 15 is 0 Å². The summed E-state index contributed by atoms with van der Waals surface area (Å²) in [5, 5.41) is 3.15. The Kier molecular flexibility index (Phi) is 3.74. The van der Waals surface area contributed by atoms with Crippen LogP contribution in [0.25, 0.3) is 0 Å². The van der Waals surface area contributed by atoms with Crippen molar-refractivity contribution in [1.29, 1.82) is 0 Å². The summed E-state index contributed by atoms with van der Waals surface area (Å²) in [5.74, 6) is -0.211. The molecule has 4 heteroatoms. The highest BCUT2D eigenvalue weighted by Crippen LogP contribution is 2.12. The van der Waals surface area contributed by atoms with E-state index in [1.54, 1.807) is 30.1 Å². The topological polar surface area (TPSA) is 32.3 Å². The van der Waals surface area contributed by atoms with E-state index in [4.69, 9.17) is 0 Å². The van der Waals surface area contributed by atoms with Crippen molar-refractivity contribution in [2.24, 2.45) is 0 Å². The second-order valence-corrected chi connectivity index (χ2v) is 4.43. The molecule has 92 valence electrons. The van der Waals surface area contributed by atoms with Crippen LogP contribution in [0.1, 0.15) is 18.4 Å². The Bertz CT molecular complexity index is 402. The van der Waals surface area contributed by atoms with Gasteiger partial charge in [0.1, 0.15) is 5.82 Å². The Morgan fingerprint density at radius 1 is 1.53 bits per heavy atom. The first kappa shape index (κ1) is 12.0. The van der Waals surface area contributed by atoms with Gasteiger partial charge in [-0.15, -0.1) is 0 Å². The Balaban J connectivity index is 1.99. The van der Waals surface area contributed by atoms with Crippen molar-refractivity contribution in [2.45, 2.75) is 25.4 Å². The van der Waals surface area contributed by atoms with Crippen molar-refractivity contribution in [1.82, 2.24) is 10.2 Å². The zero-order valence-electron chi connectivity index (χ0n) is 9.95. The molecule has 1 atom stereocenters. The number of amides is 1. The van der Waals surface area contributed by atoms with Gasteiger partial charge in [0.25, 0.3) is 0 Å². The van der Waals surface area contributed by atoms with Gasteiger partial charge in [0, 0.05) is 19.2 Å². The normalized spacial score (nSPS) is 19.3. The molecule has 1 aromatic rings. The monoisotopic (exact) mass is 236 g/mol. The number of hydrogen-bond acceptors (Lipinski definition) is 2. The fraction of sp³-hybridized carbons (Fsp3) is 0.462. The maximum absolute atomic E-state index is 13.4. The number of halogens is 1. The molecule has 1 saturated heterocycles. The summed E-state index contributed by atoms with van der Waals surface area (Å²) in [6.45, 7) is 1.22. The van der Waals surface area contributed by atoms with Gasteiger partial charge < -0.3 is 10.2 Å². The van der Waals surface area contributed by atoms with Crippen molar-refractivity contribution in [3.63, 3.8) is 0 Å². The molecule has 3 nitrogen and oxygen atoms in total. The Morgan fingerprint density at radius 2 is 2.29 bits per heavy atom. The smallest absolute Gasteiger partial charge is 0.239 e. The summed E-state index contributed by atoms with van der Waals surface area (Å²) in [4.78, 5) is 13.6. The zero-order chi connectivity index (χ0) is 12.3. The van der Waals surface area contributed by atoms with Gasteiger partial charge in [-0.25, -0.2) is 4.39 Å². The van der Waals surface area contributed by atoms with Crippen LogP contribution in [0.15, 0.2) is 24.3 Å². The molecule has 1 heterocycles. The fourth-order valence-corrected chi connectivity index (χ4v) is 2.12. The third-order valence-corrected chi connectivity index (χ3v) is 3.10. The first-order chi connectivity index (χ1) is 8.18. The Morgan fingerprint density at radius 3 is 2.94 bits per heavy atom. The number of likely N-dealkylation sites (N-methyl/N-ethyl adjacent to an activating group) is 1. The number of hydrogen-bond donors (Lipinski definition) is 1. The third kappa shape index (κ3) is 2.82. The van der Waals surface area contributed by atoms with Crippen LogP contribution >= 0.6 is 0 Å². The van der Waals surface area contributed by atoms with E-state index in [0.717, 1.165) is 19.4 Å². The summed E-state index contributed by atoms with van der Waals surface area (Å²) in [6, 6.07) is 6.47. The summed E-state index contributed by atoms with van der Waals surface area (Å²) in [6.07, 6.45) is 1.91. The minimum absolute atomic E-state index is 0.0470. The van der Waals surface area contributed by atoms with Crippen molar-refractivity contribution in [3.8, 4) is 0 Å². The lowest BCUT2D eigenvalue weighted by atomic mass is 10.1. The maximum Gasteiger partial charge on any atom is 0.239 e.